The zero-order valence-electron chi connectivity index (χ0n) is 6.09. The molecule has 0 saturated carbocycles. The second-order valence-electron chi connectivity index (χ2n) is 1.68. The Labute approximate surface area is 71.2 Å². The van der Waals surface area contributed by atoms with Crippen LogP contribution in [0.1, 0.15) is 0 Å². The van der Waals surface area contributed by atoms with Gasteiger partial charge in [0.15, 0.2) is 0 Å². The van der Waals surface area contributed by atoms with E-state index in [9.17, 15) is 9.59 Å². The minimum atomic E-state index is -1.82. The summed E-state index contributed by atoms with van der Waals surface area (Å²) >= 11 is 0. The summed E-state index contributed by atoms with van der Waals surface area (Å²) in [4.78, 5) is 38.0. The molecule has 0 unspecified atom stereocenters. The van der Waals surface area contributed by atoms with Gasteiger partial charge in [0.05, 0.1) is 0 Å². The van der Waals surface area contributed by atoms with Crippen molar-refractivity contribution in [3.8, 4) is 0 Å². The number of rotatable bonds is 0. The second kappa shape index (κ2) is 4.65. The van der Waals surface area contributed by atoms with Crippen molar-refractivity contribution in [3.63, 3.8) is 0 Å². The van der Waals surface area contributed by atoms with Crippen LogP contribution in [-0.2, 0) is 23.9 Å². The summed E-state index contributed by atoms with van der Waals surface area (Å²) in [6, 6.07) is 0. The summed E-state index contributed by atoms with van der Waals surface area (Å²) in [6.07, 6.45) is 2.17. The molecule has 7 nitrogen and oxygen atoms in total. The smallest absolute Gasteiger partial charge is 0.414 e. The maximum atomic E-state index is 9.92. The van der Waals surface area contributed by atoms with Crippen molar-refractivity contribution in [2.45, 2.75) is 0 Å². The lowest BCUT2D eigenvalue weighted by Crippen LogP contribution is -2.09. The molecule has 1 rings (SSSR count). The minimum absolute atomic E-state index is 0.579. The largest absolute Gasteiger partial charge is 0.473 e. The number of carboxylic acid groups (broad SMARTS) is 2. The van der Waals surface area contributed by atoms with Crippen LogP contribution in [0.5, 0.6) is 0 Å². The van der Waals surface area contributed by atoms with Gasteiger partial charge in [0.2, 0.25) is 0 Å². The van der Waals surface area contributed by atoms with Crippen molar-refractivity contribution in [1.29, 1.82) is 0 Å². The third-order valence-electron chi connectivity index (χ3n) is 0.740. The molecule has 0 radical (unpaired) electrons. The topological polar surface area (TPSA) is 118 Å². The van der Waals surface area contributed by atoms with Gasteiger partial charge in [-0.25, -0.2) is 19.2 Å². The quantitative estimate of drug-likeness (QED) is 0.278. The van der Waals surface area contributed by atoms with Crippen LogP contribution in [0.25, 0.3) is 0 Å². The van der Waals surface area contributed by atoms with Gasteiger partial charge in [-0.3, -0.25) is 0 Å². The molecule has 0 aromatic rings. The van der Waals surface area contributed by atoms with E-state index in [2.05, 4.69) is 4.74 Å². The van der Waals surface area contributed by atoms with Crippen molar-refractivity contribution >= 4 is 23.9 Å². The van der Waals surface area contributed by atoms with Crippen LogP contribution in [-0.4, -0.2) is 34.1 Å². The number of carbonyl (C=O) groups is 4. The fraction of sp³-hybridized carbons (Fsp3) is 0. The summed E-state index contributed by atoms with van der Waals surface area (Å²) in [7, 11) is 0. The molecule has 13 heavy (non-hydrogen) atoms. The summed E-state index contributed by atoms with van der Waals surface area (Å²) < 4.78 is 3.97. The average molecular weight is 188 g/mol. The molecule has 0 saturated heterocycles. The van der Waals surface area contributed by atoms with Gasteiger partial charge in [0, 0.05) is 12.2 Å². The molecule has 0 aliphatic carbocycles. The first-order valence-corrected chi connectivity index (χ1v) is 2.83. The van der Waals surface area contributed by atoms with E-state index in [1.54, 1.807) is 0 Å². The summed E-state index contributed by atoms with van der Waals surface area (Å²) in [6.45, 7) is 0. The molecule has 0 aromatic heterocycles. The van der Waals surface area contributed by atoms with E-state index in [0.29, 0.717) is 0 Å². The van der Waals surface area contributed by atoms with Crippen LogP contribution in [0.2, 0.25) is 0 Å². The summed E-state index contributed by atoms with van der Waals surface area (Å²) in [5.41, 5.74) is 0. The van der Waals surface area contributed by atoms with Gasteiger partial charge < -0.3 is 14.9 Å². The molecule has 0 amide bonds. The van der Waals surface area contributed by atoms with Crippen molar-refractivity contribution in [1.82, 2.24) is 0 Å². The highest BCUT2D eigenvalue weighted by Crippen LogP contribution is 1.92. The highest BCUT2D eigenvalue weighted by molar-refractivity contribution is 6.27. The lowest BCUT2D eigenvalue weighted by Gasteiger charge is -1.80. The first-order chi connectivity index (χ1) is 5.93. The predicted molar refractivity (Wildman–Crippen MR) is 35.5 cm³/mol. The fourth-order valence-electron chi connectivity index (χ4n) is 0.303. The molecule has 1 aliphatic rings. The lowest BCUT2D eigenvalue weighted by atomic mass is 10.6. The number of carboxylic acids is 2. The summed E-state index contributed by atoms with van der Waals surface area (Å²) in [5, 5.41) is 14.8. The number of esters is 2. The number of ether oxygens (including phenoxy) is 1. The van der Waals surface area contributed by atoms with Gasteiger partial charge in [-0.1, -0.05) is 0 Å². The minimum Gasteiger partial charge on any atom is -0.473 e. The first-order valence-electron chi connectivity index (χ1n) is 2.83. The van der Waals surface area contributed by atoms with Gasteiger partial charge >= 0.3 is 23.9 Å². The molecular weight excluding hydrogens is 184 g/mol. The van der Waals surface area contributed by atoms with Crippen LogP contribution < -0.4 is 0 Å². The van der Waals surface area contributed by atoms with Gasteiger partial charge in [-0.2, -0.15) is 0 Å². The highest BCUT2D eigenvalue weighted by atomic mass is 16.6. The standard InChI is InChI=1S/C4H2O3.C2H2O4/c5-3-1-2-4(6)7-3;3-1(4)2(5)6/h1-2H;(H,3,4)(H,5,6). The SMILES string of the molecule is O=C(O)C(=O)O.O=C1C=CC(=O)O1. The number of carbonyl (C=O) groups excluding carboxylic acids is 2. The van der Waals surface area contributed by atoms with Crippen LogP contribution in [0.3, 0.4) is 0 Å². The number of hydrogen-bond acceptors (Lipinski definition) is 5. The van der Waals surface area contributed by atoms with E-state index in [-0.39, 0.29) is 0 Å². The number of cyclic esters (lactones) is 2. The molecule has 0 spiro atoms. The molecule has 70 valence electrons. The molecular formula is C6H4O7. The van der Waals surface area contributed by atoms with Gasteiger partial charge in [0.25, 0.3) is 0 Å². The Hall–Kier alpha value is -2.18. The Morgan fingerprint density at radius 2 is 1.31 bits per heavy atom. The molecule has 7 heteroatoms. The maximum Gasteiger partial charge on any atom is 0.414 e. The van der Waals surface area contributed by atoms with Crippen molar-refractivity contribution in [2.24, 2.45) is 0 Å². The van der Waals surface area contributed by atoms with Crippen molar-refractivity contribution < 1.29 is 34.1 Å². The molecule has 0 fully saturated rings. The van der Waals surface area contributed by atoms with Crippen LogP contribution in [0.15, 0.2) is 12.2 Å². The molecule has 1 aliphatic heterocycles. The van der Waals surface area contributed by atoms with Crippen LogP contribution >= 0.6 is 0 Å². The van der Waals surface area contributed by atoms with E-state index in [0.717, 1.165) is 12.2 Å². The van der Waals surface area contributed by atoms with Crippen LogP contribution in [0, 0.1) is 0 Å². The number of hydrogen-bond donors (Lipinski definition) is 2. The maximum absolute atomic E-state index is 9.92. The third-order valence-corrected chi connectivity index (χ3v) is 0.740. The lowest BCUT2D eigenvalue weighted by molar-refractivity contribution is -0.159. The van der Waals surface area contributed by atoms with Crippen molar-refractivity contribution in [2.75, 3.05) is 0 Å². The highest BCUT2D eigenvalue weighted by Gasteiger charge is 2.10. The molecule has 0 atom stereocenters. The second-order valence-corrected chi connectivity index (χ2v) is 1.68. The van der Waals surface area contributed by atoms with Crippen LogP contribution in [0.4, 0.5) is 0 Å². The van der Waals surface area contributed by atoms with E-state index in [1.807, 2.05) is 0 Å². The Morgan fingerprint density at radius 1 is 1.00 bits per heavy atom. The molecule has 0 aromatic carbocycles. The Kier molecular flexibility index (Phi) is 3.87. The Bertz CT molecular complexity index is 259. The van der Waals surface area contributed by atoms with E-state index in [1.165, 1.54) is 0 Å². The van der Waals surface area contributed by atoms with Gasteiger partial charge in [0.1, 0.15) is 0 Å². The van der Waals surface area contributed by atoms with Crippen molar-refractivity contribution in [3.05, 3.63) is 12.2 Å². The predicted octanol–water partition coefficient (Wildman–Crippen LogP) is -1.22. The normalized spacial score (nSPS) is 12.9. The Balaban J connectivity index is 0.000000226. The van der Waals surface area contributed by atoms with E-state index in [4.69, 9.17) is 19.8 Å². The van der Waals surface area contributed by atoms with E-state index >= 15 is 0 Å². The molecule has 0 bridgehead atoms. The average Bonchev–Trinajstić information content (AvgIpc) is 2.35. The Morgan fingerprint density at radius 3 is 1.38 bits per heavy atom. The first kappa shape index (κ1) is 10.8. The monoisotopic (exact) mass is 188 g/mol. The third kappa shape index (κ3) is 5.13. The number of aliphatic carboxylic acids is 2. The zero-order valence-corrected chi connectivity index (χ0v) is 6.09. The van der Waals surface area contributed by atoms with Gasteiger partial charge in [-0.15, -0.1) is 0 Å². The molecule has 1 heterocycles. The van der Waals surface area contributed by atoms with E-state index < -0.39 is 23.9 Å². The van der Waals surface area contributed by atoms with Gasteiger partial charge in [-0.05, 0) is 0 Å². The summed E-state index contributed by atoms with van der Waals surface area (Å²) in [5.74, 6) is -4.81. The fourth-order valence-corrected chi connectivity index (χ4v) is 0.303. The molecule has 2 N–H and O–H groups in total. The zero-order chi connectivity index (χ0) is 10.4.